The molecule has 2 heterocycles. The molecule has 2 aromatic carbocycles. The summed E-state index contributed by atoms with van der Waals surface area (Å²) in [4.78, 5) is 3.99. The van der Waals surface area contributed by atoms with E-state index in [-0.39, 0.29) is 11.5 Å². The standard InChI is InChI=1S/C20H18F4N4O/c21-17-7-2-1-6-16(17)19-26-25-18(29-19)13-27-8-10-28(11-9-27)15-5-3-4-14(12-15)20(22,23)24/h1-7,12H,8-11,13H2. The third kappa shape index (κ3) is 4.40. The first-order valence-corrected chi connectivity index (χ1v) is 9.12. The molecular formula is C20H18F4N4O. The highest BCUT2D eigenvalue weighted by Crippen LogP contribution is 2.32. The van der Waals surface area contributed by atoms with Gasteiger partial charge in [0.05, 0.1) is 17.7 Å². The van der Waals surface area contributed by atoms with Crippen LogP contribution in [0.5, 0.6) is 0 Å². The summed E-state index contributed by atoms with van der Waals surface area (Å²) in [6.07, 6.45) is -4.36. The van der Waals surface area contributed by atoms with E-state index in [4.69, 9.17) is 4.42 Å². The van der Waals surface area contributed by atoms with E-state index >= 15 is 0 Å². The number of nitrogens with zero attached hydrogens (tertiary/aromatic N) is 4. The van der Waals surface area contributed by atoms with Crippen LogP contribution in [0.1, 0.15) is 11.5 Å². The molecule has 0 saturated carbocycles. The van der Waals surface area contributed by atoms with Crippen LogP contribution in [0.15, 0.2) is 52.9 Å². The largest absolute Gasteiger partial charge is 0.419 e. The zero-order valence-corrected chi connectivity index (χ0v) is 15.4. The van der Waals surface area contributed by atoms with Gasteiger partial charge in [-0.1, -0.05) is 18.2 Å². The first-order valence-electron chi connectivity index (χ1n) is 9.12. The fraction of sp³-hybridized carbons (Fsp3) is 0.300. The Morgan fingerprint density at radius 1 is 0.931 bits per heavy atom. The number of piperazine rings is 1. The van der Waals surface area contributed by atoms with Gasteiger partial charge >= 0.3 is 6.18 Å². The molecule has 0 spiro atoms. The second-order valence-corrected chi connectivity index (χ2v) is 6.79. The van der Waals surface area contributed by atoms with Crippen molar-refractivity contribution in [1.29, 1.82) is 0 Å². The number of hydrogen-bond donors (Lipinski definition) is 0. The number of alkyl halides is 3. The van der Waals surface area contributed by atoms with Gasteiger partial charge in [-0.2, -0.15) is 13.2 Å². The van der Waals surface area contributed by atoms with E-state index in [0.29, 0.717) is 44.3 Å². The van der Waals surface area contributed by atoms with Crippen molar-refractivity contribution >= 4 is 5.69 Å². The molecular weight excluding hydrogens is 388 g/mol. The Hall–Kier alpha value is -2.94. The topological polar surface area (TPSA) is 45.4 Å². The molecule has 0 atom stereocenters. The van der Waals surface area contributed by atoms with Crippen LogP contribution in [0.3, 0.4) is 0 Å². The molecule has 5 nitrogen and oxygen atoms in total. The van der Waals surface area contributed by atoms with E-state index in [1.807, 2.05) is 4.90 Å². The predicted octanol–water partition coefficient (Wildman–Crippen LogP) is 4.22. The second-order valence-electron chi connectivity index (χ2n) is 6.79. The van der Waals surface area contributed by atoms with Crippen LogP contribution in [-0.2, 0) is 12.7 Å². The summed E-state index contributed by atoms with van der Waals surface area (Å²) in [6.45, 7) is 2.82. The molecule has 29 heavy (non-hydrogen) atoms. The second kappa shape index (κ2) is 7.82. The van der Waals surface area contributed by atoms with Crippen LogP contribution in [0.2, 0.25) is 0 Å². The molecule has 152 valence electrons. The highest BCUT2D eigenvalue weighted by Gasteiger charge is 2.31. The zero-order chi connectivity index (χ0) is 20.4. The van der Waals surface area contributed by atoms with E-state index < -0.39 is 17.6 Å². The molecule has 1 aliphatic rings. The fourth-order valence-corrected chi connectivity index (χ4v) is 3.30. The highest BCUT2D eigenvalue weighted by molar-refractivity contribution is 5.53. The Kier molecular flexibility index (Phi) is 5.23. The average molecular weight is 406 g/mol. The number of hydrogen-bond acceptors (Lipinski definition) is 5. The van der Waals surface area contributed by atoms with Crippen molar-refractivity contribution in [3.63, 3.8) is 0 Å². The minimum absolute atomic E-state index is 0.126. The molecule has 1 aliphatic heterocycles. The van der Waals surface area contributed by atoms with E-state index in [9.17, 15) is 17.6 Å². The van der Waals surface area contributed by atoms with Crippen molar-refractivity contribution in [2.24, 2.45) is 0 Å². The third-order valence-corrected chi connectivity index (χ3v) is 4.84. The van der Waals surface area contributed by atoms with Gasteiger partial charge in [0, 0.05) is 31.9 Å². The minimum atomic E-state index is -4.36. The van der Waals surface area contributed by atoms with Crippen molar-refractivity contribution < 1.29 is 22.0 Å². The Bertz CT molecular complexity index is 980. The molecule has 1 fully saturated rings. The molecule has 9 heteroatoms. The maximum absolute atomic E-state index is 13.8. The lowest BCUT2D eigenvalue weighted by molar-refractivity contribution is -0.137. The number of anilines is 1. The van der Waals surface area contributed by atoms with Crippen molar-refractivity contribution in [2.75, 3.05) is 31.1 Å². The Morgan fingerprint density at radius 3 is 2.41 bits per heavy atom. The van der Waals surface area contributed by atoms with Gasteiger partial charge in [-0.3, -0.25) is 4.90 Å². The number of halogens is 4. The van der Waals surface area contributed by atoms with Gasteiger partial charge in [-0.05, 0) is 30.3 Å². The van der Waals surface area contributed by atoms with Gasteiger partial charge in [0.2, 0.25) is 5.89 Å². The summed E-state index contributed by atoms with van der Waals surface area (Å²) in [6, 6.07) is 11.5. The van der Waals surface area contributed by atoms with Crippen molar-refractivity contribution in [1.82, 2.24) is 15.1 Å². The third-order valence-electron chi connectivity index (χ3n) is 4.84. The van der Waals surface area contributed by atoms with Gasteiger partial charge in [0.25, 0.3) is 5.89 Å². The minimum Gasteiger partial charge on any atom is -0.419 e. The molecule has 0 radical (unpaired) electrons. The van der Waals surface area contributed by atoms with Crippen LogP contribution in [0.4, 0.5) is 23.2 Å². The van der Waals surface area contributed by atoms with Crippen molar-refractivity contribution in [2.45, 2.75) is 12.7 Å². The first-order chi connectivity index (χ1) is 13.9. The maximum Gasteiger partial charge on any atom is 0.416 e. The SMILES string of the molecule is Fc1ccccc1-c1nnc(CN2CCN(c3cccc(C(F)(F)F)c3)CC2)o1. The van der Waals surface area contributed by atoms with E-state index in [1.165, 1.54) is 18.2 Å². The Labute approximate surface area is 164 Å². The van der Waals surface area contributed by atoms with Crippen LogP contribution in [-0.4, -0.2) is 41.3 Å². The quantitative estimate of drug-likeness (QED) is 0.608. The highest BCUT2D eigenvalue weighted by atomic mass is 19.4. The molecule has 0 amide bonds. The van der Waals surface area contributed by atoms with E-state index in [1.54, 1.807) is 24.3 Å². The lowest BCUT2D eigenvalue weighted by Gasteiger charge is -2.35. The monoisotopic (exact) mass is 406 g/mol. The molecule has 4 rings (SSSR count). The van der Waals surface area contributed by atoms with E-state index in [2.05, 4.69) is 15.1 Å². The normalized spacial score (nSPS) is 15.7. The van der Waals surface area contributed by atoms with Gasteiger partial charge in [0.1, 0.15) is 5.82 Å². The average Bonchev–Trinajstić information content (AvgIpc) is 3.16. The molecule has 1 aromatic heterocycles. The van der Waals surface area contributed by atoms with Crippen LogP contribution in [0, 0.1) is 5.82 Å². The summed E-state index contributed by atoms with van der Waals surface area (Å²) < 4.78 is 58.2. The van der Waals surface area contributed by atoms with Crippen LogP contribution >= 0.6 is 0 Å². The Balaban J connectivity index is 1.37. The Morgan fingerprint density at radius 2 is 1.69 bits per heavy atom. The van der Waals surface area contributed by atoms with Gasteiger partial charge in [-0.15, -0.1) is 10.2 Å². The lowest BCUT2D eigenvalue weighted by atomic mass is 10.1. The summed E-state index contributed by atoms with van der Waals surface area (Å²) in [5, 5.41) is 7.89. The lowest BCUT2D eigenvalue weighted by Crippen LogP contribution is -2.46. The summed E-state index contributed by atoms with van der Waals surface area (Å²) in [7, 11) is 0. The van der Waals surface area contributed by atoms with Crippen LogP contribution in [0.25, 0.3) is 11.5 Å². The van der Waals surface area contributed by atoms with Gasteiger partial charge in [0.15, 0.2) is 0 Å². The molecule has 0 unspecified atom stereocenters. The summed E-state index contributed by atoms with van der Waals surface area (Å²) in [5.74, 6) is 0.0638. The molecule has 0 bridgehead atoms. The predicted molar refractivity (Wildman–Crippen MR) is 98.6 cm³/mol. The number of aromatic nitrogens is 2. The molecule has 1 saturated heterocycles. The van der Waals surface area contributed by atoms with Crippen molar-refractivity contribution in [3.05, 3.63) is 65.8 Å². The van der Waals surface area contributed by atoms with Crippen LogP contribution < -0.4 is 4.90 Å². The summed E-state index contributed by atoms with van der Waals surface area (Å²) >= 11 is 0. The zero-order valence-electron chi connectivity index (χ0n) is 15.4. The fourth-order valence-electron chi connectivity index (χ4n) is 3.30. The number of rotatable bonds is 4. The van der Waals surface area contributed by atoms with Gasteiger partial charge in [-0.25, -0.2) is 4.39 Å². The molecule has 3 aromatic rings. The molecule has 0 N–H and O–H groups in total. The first kappa shape index (κ1) is 19.4. The van der Waals surface area contributed by atoms with Gasteiger partial charge < -0.3 is 9.32 Å². The molecule has 0 aliphatic carbocycles. The smallest absolute Gasteiger partial charge is 0.416 e. The number of benzene rings is 2. The van der Waals surface area contributed by atoms with Crippen molar-refractivity contribution in [3.8, 4) is 11.5 Å². The maximum atomic E-state index is 13.8. The summed E-state index contributed by atoms with van der Waals surface area (Å²) in [5.41, 5.74) is 0.156. The van der Waals surface area contributed by atoms with E-state index in [0.717, 1.165) is 6.07 Å².